The molecule has 5 aromatic rings. The maximum absolute atomic E-state index is 14.1. The number of hydrogen-bond donors (Lipinski definition) is 4. The molecule has 1 aromatic heterocycles. The smallest absolute Gasteiger partial charge is 0.329 e. The van der Waals surface area contributed by atoms with E-state index in [1.165, 1.54) is 0 Å². The standard InChI is InChI=1S/C47H54ClN5O9/c1-4-5-10-40(54)53(25-30-11-15-31(16-12-30)36-8-6-7-9-37(36)46-49-51-52-50-46)41(28(2)3)47(58)60-27-39-42(55)43(56)44(57)45(62-39)32-17-20-38(48)33(24-32)23-29-13-18-34(19-14-29)61-35-21-22-59-26-35/h6-9,11-20,24,28,35,39,41-45,55-57H,4-5,10,21-23,25-27H2,1-3H3,(H,49,50,51,52)/t35-,39+,41-,42+,43-,44+,45-/m0/s1. The van der Waals surface area contributed by atoms with E-state index in [-0.39, 0.29) is 30.9 Å². The number of aliphatic hydroxyl groups is 3. The fourth-order valence-corrected chi connectivity index (χ4v) is 8.17. The summed E-state index contributed by atoms with van der Waals surface area (Å²) in [6.45, 7) is 6.67. The molecule has 2 fully saturated rings. The van der Waals surface area contributed by atoms with Crippen molar-refractivity contribution < 1.29 is 43.9 Å². The van der Waals surface area contributed by atoms with Crippen molar-refractivity contribution in [1.82, 2.24) is 25.5 Å². The minimum absolute atomic E-state index is 0.0386. The summed E-state index contributed by atoms with van der Waals surface area (Å²) in [7, 11) is 0. The van der Waals surface area contributed by atoms with E-state index in [4.69, 9.17) is 30.5 Å². The summed E-state index contributed by atoms with van der Waals surface area (Å²) in [5, 5.41) is 48.2. The minimum atomic E-state index is -1.61. The Hall–Kier alpha value is -5.22. The molecule has 2 saturated heterocycles. The van der Waals surface area contributed by atoms with Crippen LogP contribution in [0.1, 0.15) is 74.8 Å². The first kappa shape index (κ1) is 44.8. The zero-order chi connectivity index (χ0) is 43.8. The molecule has 14 nitrogen and oxygen atoms in total. The second-order valence-corrected chi connectivity index (χ2v) is 16.7. The first-order chi connectivity index (χ1) is 30.0. The summed E-state index contributed by atoms with van der Waals surface area (Å²) in [5.41, 5.74) is 5.70. The number of esters is 1. The number of nitrogens with zero attached hydrogens (tertiary/aromatic N) is 4. The predicted molar refractivity (Wildman–Crippen MR) is 231 cm³/mol. The van der Waals surface area contributed by atoms with E-state index in [9.17, 15) is 24.9 Å². The molecule has 15 heteroatoms. The molecule has 0 radical (unpaired) electrons. The molecule has 2 aliphatic heterocycles. The van der Waals surface area contributed by atoms with Crippen LogP contribution in [0.3, 0.4) is 0 Å². The molecular weight excluding hydrogens is 814 g/mol. The van der Waals surface area contributed by atoms with Crippen LogP contribution in [0.4, 0.5) is 0 Å². The Morgan fingerprint density at radius 3 is 2.35 bits per heavy atom. The van der Waals surface area contributed by atoms with Gasteiger partial charge in [0.05, 0.1) is 13.2 Å². The number of nitrogens with one attached hydrogen (secondary N) is 1. The average molecular weight is 868 g/mol. The van der Waals surface area contributed by atoms with Gasteiger partial charge in [-0.15, -0.1) is 10.2 Å². The number of aliphatic hydroxyl groups excluding tert-OH is 3. The molecule has 0 spiro atoms. The van der Waals surface area contributed by atoms with Gasteiger partial charge in [0.2, 0.25) is 11.7 Å². The molecule has 0 bridgehead atoms. The van der Waals surface area contributed by atoms with Gasteiger partial charge in [-0.1, -0.05) is 112 Å². The van der Waals surface area contributed by atoms with Crippen LogP contribution in [0.25, 0.3) is 22.5 Å². The number of carbonyl (C=O) groups is 2. The first-order valence-electron chi connectivity index (χ1n) is 21.2. The Morgan fingerprint density at radius 1 is 0.935 bits per heavy atom. The number of rotatable bonds is 17. The SMILES string of the molecule is CCCCC(=O)N(Cc1ccc(-c2ccccc2-c2nn[nH]n2)cc1)[C@H](C(=O)OC[C@H]1O[C@@H](c2ccc(Cl)c(Cc3ccc(O[C@H]4CCOC4)cc3)c2)[C@H](O)[C@@H](O)[C@@H]1O)C(C)C. The molecule has 2 aliphatic rings. The lowest BCUT2D eigenvalue weighted by molar-refractivity contribution is -0.235. The van der Waals surface area contributed by atoms with Gasteiger partial charge in [-0.05, 0) is 75.6 Å². The number of H-pyrrole nitrogens is 1. The van der Waals surface area contributed by atoms with Crippen molar-refractivity contribution in [3.8, 4) is 28.3 Å². The van der Waals surface area contributed by atoms with Crippen molar-refractivity contribution in [1.29, 1.82) is 0 Å². The highest BCUT2D eigenvalue weighted by Crippen LogP contribution is 2.36. The van der Waals surface area contributed by atoms with Gasteiger partial charge in [0.15, 0.2) is 0 Å². The quantitative estimate of drug-likeness (QED) is 0.0770. The topological polar surface area (TPSA) is 189 Å². The predicted octanol–water partition coefficient (Wildman–Crippen LogP) is 6.26. The van der Waals surface area contributed by atoms with Gasteiger partial charge in [-0.3, -0.25) is 4.79 Å². The average Bonchev–Trinajstić information content (AvgIpc) is 4.02. The van der Waals surface area contributed by atoms with Crippen molar-refractivity contribution in [3.63, 3.8) is 0 Å². The third-order valence-corrected chi connectivity index (χ3v) is 11.8. The Morgan fingerprint density at radius 2 is 1.68 bits per heavy atom. The van der Waals surface area contributed by atoms with E-state index in [0.29, 0.717) is 42.5 Å². The Balaban J connectivity index is 1.04. The molecule has 328 valence electrons. The summed E-state index contributed by atoms with van der Waals surface area (Å²) in [6.07, 6.45) is -3.88. The van der Waals surface area contributed by atoms with Gasteiger partial charge in [0.25, 0.3) is 0 Å². The number of tetrazole rings is 1. The molecule has 0 aliphatic carbocycles. The Labute approximate surface area is 366 Å². The van der Waals surface area contributed by atoms with E-state index >= 15 is 0 Å². The number of benzene rings is 4. The second kappa shape index (κ2) is 20.8. The van der Waals surface area contributed by atoms with Gasteiger partial charge in [0.1, 0.15) is 55.0 Å². The first-order valence-corrected chi connectivity index (χ1v) is 21.6. The van der Waals surface area contributed by atoms with Crippen LogP contribution in [0.15, 0.2) is 91.0 Å². The zero-order valence-corrected chi connectivity index (χ0v) is 35.9. The number of aromatic nitrogens is 4. The lowest BCUT2D eigenvalue weighted by atomic mass is 9.90. The van der Waals surface area contributed by atoms with Gasteiger partial charge >= 0.3 is 5.97 Å². The van der Waals surface area contributed by atoms with Crippen molar-refractivity contribution >= 4 is 23.5 Å². The maximum atomic E-state index is 14.1. The number of amides is 1. The third-order valence-electron chi connectivity index (χ3n) is 11.4. The van der Waals surface area contributed by atoms with Gasteiger partial charge in [0, 0.05) is 30.0 Å². The van der Waals surface area contributed by atoms with Gasteiger partial charge < -0.3 is 39.2 Å². The molecule has 1 amide bonds. The molecule has 7 rings (SSSR count). The van der Waals surface area contributed by atoms with E-state index < -0.39 is 49.1 Å². The summed E-state index contributed by atoms with van der Waals surface area (Å²) in [6, 6.07) is 27.4. The lowest BCUT2D eigenvalue weighted by Gasteiger charge is -2.41. The Bertz CT molecular complexity index is 2240. The van der Waals surface area contributed by atoms with Crippen molar-refractivity contribution in [2.24, 2.45) is 5.92 Å². The molecular formula is C47H54ClN5O9. The normalized spacial score (nSPS) is 21.7. The van der Waals surface area contributed by atoms with Crippen LogP contribution in [-0.4, -0.2) is 109 Å². The van der Waals surface area contributed by atoms with Crippen LogP contribution in [0.2, 0.25) is 5.02 Å². The molecule has 7 atom stereocenters. The Kier molecular flexibility index (Phi) is 15.0. The summed E-state index contributed by atoms with van der Waals surface area (Å²) in [5.74, 6) is 0.0136. The highest BCUT2D eigenvalue weighted by atomic mass is 35.5. The van der Waals surface area contributed by atoms with Crippen LogP contribution < -0.4 is 4.74 Å². The molecule has 3 heterocycles. The monoisotopic (exact) mass is 867 g/mol. The lowest BCUT2D eigenvalue weighted by Crippen LogP contribution is -2.56. The number of hydrogen-bond acceptors (Lipinski definition) is 12. The molecule has 62 heavy (non-hydrogen) atoms. The van der Waals surface area contributed by atoms with Crippen molar-refractivity contribution in [2.75, 3.05) is 19.8 Å². The van der Waals surface area contributed by atoms with E-state index in [1.807, 2.05) is 93.6 Å². The van der Waals surface area contributed by atoms with Gasteiger partial charge in [-0.2, -0.15) is 5.21 Å². The fourth-order valence-electron chi connectivity index (χ4n) is 7.99. The fraction of sp³-hybridized carbons (Fsp3) is 0.426. The van der Waals surface area contributed by atoms with Crippen LogP contribution in [0.5, 0.6) is 5.75 Å². The van der Waals surface area contributed by atoms with Crippen molar-refractivity contribution in [3.05, 3.63) is 118 Å². The summed E-state index contributed by atoms with van der Waals surface area (Å²) in [4.78, 5) is 29.5. The summed E-state index contributed by atoms with van der Waals surface area (Å²) < 4.78 is 23.5. The van der Waals surface area contributed by atoms with Crippen LogP contribution in [-0.2, 0) is 36.8 Å². The number of aromatic amines is 1. The van der Waals surface area contributed by atoms with Crippen LogP contribution in [0, 0.1) is 5.92 Å². The largest absolute Gasteiger partial charge is 0.488 e. The van der Waals surface area contributed by atoms with Crippen molar-refractivity contribution in [2.45, 2.75) is 102 Å². The maximum Gasteiger partial charge on any atom is 0.329 e. The highest BCUT2D eigenvalue weighted by molar-refractivity contribution is 6.31. The molecule has 4 aromatic carbocycles. The van der Waals surface area contributed by atoms with E-state index in [1.54, 1.807) is 23.1 Å². The number of ether oxygens (including phenoxy) is 4. The minimum Gasteiger partial charge on any atom is -0.488 e. The number of carbonyl (C=O) groups excluding carboxylic acids is 2. The highest BCUT2D eigenvalue weighted by Gasteiger charge is 2.45. The number of unbranched alkanes of at least 4 members (excludes halogenated alkanes) is 1. The van der Waals surface area contributed by atoms with Crippen LogP contribution >= 0.6 is 11.6 Å². The van der Waals surface area contributed by atoms with Gasteiger partial charge in [-0.25, -0.2) is 4.79 Å². The summed E-state index contributed by atoms with van der Waals surface area (Å²) >= 11 is 6.64. The molecule has 0 saturated carbocycles. The molecule has 0 unspecified atom stereocenters. The van der Waals surface area contributed by atoms with E-state index in [2.05, 4.69) is 20.6 Å². The van der Waals surface area contributed by atoms with E-state index in [0.717, 1.165) is 52.0 Å². The third kappa shape index (κ3) is 10.7. The zero-order valence-electron chi connectivity index (χ0n) is 35.1. The molecule has 4 N–H and O–H groups in total. The second-order valence-electron chi connectivity index (χ2n) is 16.3. The number of halogens is 1.